The van der Waals surface area contributed by atoms with Crippen LogP contribution in [-0.4, -0.2) is 50.1 Å². The molecule has 0 aromatic carbocycles. The van der Waals surface area contributed by atoms with Gasteiger partial charge in [-0.2, -0.15) is 0 Å². The highest BCUT2D eigenvalue weighted by Crippen LogP contribution is 2.56. The number of guanidine groups is 1. The van der Waals surface area contributed by atoms with Gasteiger partial charge in [-0.25, -0.2) is 0 Å². The summed E-state index contributed by atoms with van der Waals surface area (Å²) in [5.74, 6) is 1.84. The molecule has 0 spiro atoms. The van der Waals surface area contributed by atoms with E-state index in [2.05, 4.69) is 15.2 Å². The monoisotopic (exact) mass is 449 g/mol. The maximum absolute atomic E-state index is 12.0. The topological polar surface area (TPSA) is 53.9 Å². The van der Waals surface area contributed by atoms with E-state index in [-0.39, 0.29) is 35.9 Å². The number of piperidine rings is 1. The van der Waals surface area contributed by atoms with Gasteiger partial charge in [-0.1, -0.05) is 6.42 Å². The second-order valence-electron chi connectivity index (χ2n) is 7.43. The van der Waals surface area contributed by atoms with Crippen molar-refractivity contribution in [2.75, 3.05) is 33.3 Å². The molecule has 1 atom stereocenters. The third kappa shape index (κ3) is 4.35. The predicted molar refractivity (Wildman–Crippen MR) is 107 cm³/mol. The Labute approximate surface area is 163 Å². The van der Waals surface area contributed by atoms with Crippen molar-refractivity contribution < 1.29 is 9.53 Å². The minimum absolute atomic E-state index is 0. The summed E-state index contributed by atoms with van der Waals surface area (Å²) >= 11 is 0. The van der Waals surface area contributed by atoms with Crippen LogP contribution in [0.4, 0.5) is 0 Å². The minimum Gasteiger partial charge on any atom is -0.466 e. The molecule has 1 N–H and O–H groups in total. The summed E-state index contributed by atoms with van der Waals surface area (Å²) in [6.45, 7) is 5.09. The quantitative estimate of drug-likeness (QED) is 0.304. The van der Waals surface area contributed by atoms with Crippen LogP contribution >= 0.6 is 24.0 Å². The van der Waals surface area contributed by atoms with Crippen molar-refractivity contribution in [2.24, 2.45) is 22.2 Å². The predicted octanol–water partition coefficient (Wildman–Crippen LogP) is 3.04. The van der Waals surface area contributed by atoms with Gasteiger partial charge < -0.3 is 15.0 Å². The molecule has 0 radical (unpaired) electrons. The van der Waals surface area contributed by atoms with Crippen LogP contribution in [-0.2, 0) is 9.53 Å². The van der Waals surface area contributed by atoms with E-state index in [4.69, 9.17) is 4.74 Å². The number of ether oxygens (including phenoxy) is 1. The molecule has 5 nitrogen and oxygen atoms in total. The zero-order valence-electron chi connectivity index (χ0n) is 15.1. The molecule has 1 saturated heterocycles. The highest BCUT2D eigenvalue weighted by Gasteiger charge is 2.49. The molecule has 6 heteroatoms. The second-order valence-corrected chi connectivity index (χ2v) is 7.43. The van der Waals surface area contributed by atoms with Crippen LogP contribution in [0, 0.1) is 17.3 Å². The van der Waals surface area contributed by atoms with Crippen LogP contribution in [0.2, 0.25) is 0 Å². The Morgan fingerprint density at radius 3 is 2.58 bits per heavy atom. The van der Waals surface area contributed by atoms with Crippen molar-refractivity contribution in [2.45, 2.75) is 51.9 Å². The van der Waals surface area contributed by atoms with Crippen molar-refractivity contribution in [1.82, 2.24) is 10.2 Å². The van der Waals surface area contributed by atoms with Crippen molar-refractivity contribution in [3.05, 3.63) is 0 Å². The fourth-order valence-corrected chi connectivity index (χ4v) is 4.27. The number of carbonyl (C=O) groups excluding carboxylic acids is 1. The van der Waals surface area contributed by atoms with Gasteiger partial charge in [0.05, 0.1) is 12.5 Å². The third-order valence-electron chi connectivity index (χ3n) is 5.94. The maximum atomic E-state index is 12.0. The molecule has 1 unspecified atom stereocenters. The molecule has 2 saturated carbocycles. The Hall–Kier alpha value is -0.530. The molecule has 3 fully saturated rings. The van der Waals surface area contributed by atoms with Crippen molar-refractivity contribution in [1.29, 1.82) is 0 Å². The number of nitrogens with one attached hydrogen (secondary N) is 1. The van der Waals surface area contributed by atoms with E-state index in [1.807, 2.05) is 14.0 Å². The van der Waals surface area contributed by atoms with Crippen molar-refractivity contribution in [3.63, 3.8) is 0 Å². The summed E-state index contributed by atoms with van der Waals surface area (Å²) in [5.41, 5.74) is 0.534. The smallest absolute Gasteiger partial charge is 0.310 e. The number of nitrogens with zero attached hydrogens (tertiary/aromatic N) is 2. The largest absolute Gasteiger partial charge is 0.466 e. The molecule has 0 bridgehead atoms. The number of aliphatic imine (C=N–C) groups is 1. The van der Waals surface area contributed by atoms with Gasteiger partial charge in [0, 0.05) is 26.7 Å². The Kier molecular flexibility index (Phi) is 7.19. The average Bonchev–Trinajstić information content (AvgIpc) is 3.35. The van der Waals surface area contributed by atoms with E-state index in [0.29, 0.717) is 12.0 Å². The lowest BCUT2D eigenvalue weighted by molar-refractivity contribution is -0.149. The maximum Gasteiger partial charge on any atom is 0.310 e. The van der Waals surface area contributed by atoms with Gasteiger partial charge in [-0.3, -0.25) is 9.79 Å². The Morgan fingerprint density at radius 2 is 2.04 bits per heavy atom. The Morgan fingerprint density at radius 1 is 1.29 bits per heavy atom. The molecule has 1 aliphatic heterocycles. The molecule has 0 amide bonds. The zero-order valence-corrected chi connectivity index (χ0v) is 17.4. The lowest BCUT2D eigenvalue weighted by Crippen LogP contribution is -2.52. The van der Waals surface area contributed by atoms with Crippen LogP contribution in [0.15, 0.2) is 4.99 Å². The number of carbonyl (C=O) groups is 1. The summed E-state index contributed by atoms with van der Waals surface area (Å²) in [4.78, 5) is 18.7. The van der Waals surface area contributed by atoms with Crippen LogP contribution in [0.3, 0.4) is 0 Å². The van der Waals surface area contributed by atoms with E-state index in [1.54, 1.807) is 0 Å². The summed E-state index contributed by atoms with van der Waals surface area (Å²) in [6.07, 6.45) is 8.89. The molecule has 0 aromatic rings. The first-order chi connectivity index (χ1) is 11.2. The minimum atomic E-state index is -0.0545. The molecule has 138 valence electrons. The van der Waals surface area contributed by atoms with Crippen LogP contribution < -0.4 is 5.32 Å². The van der Waals surface area contributed by atoms with E-state index < -0.39 is 0 Å². The van der Waals surface area contributed by atoms with E-state index >= 15 is 0 Å². The van der Waals surface area contributed by atoms with Crippen molar-refractivity contribution >= 4 is 35.9 Å². The normalized spacial score (nSPS) is 26.2. The van der Waals surface area contributed by atoms with Gasteiger partial charge in [0.1, 0.15) is 0 Å². The SMILES string of the molecule is CCOC(=O)C1CCCN(C(=NC)NCC2(C3CC3)CCC2)C1.I. The Bertz CT molecular complexity index is 461. The first-order valence-corrected chi connectivity index (χ1v) is 9.31. The van der Waals surface area contributed by atoms with E-state index in [0.717, 1.165) is 44.4 Å². The van der Waals surface area contributed by atoms with Gasteiger partial charge >= 0.3 is 5.97 Å². The van der Waals surface area contributed by atoms with E-state index in [1.165, 1.54) is 32.1 Å². The van der Waals surface area contributed by atoms with Gasteiger partial charge in [-0.05, 0) is 56.8 Å². The van der Waals surface area contributed by atoms with E-state index in [9.17, 15) is 4.79 Å². The summed E-state index contributed by atoms with van der Waals surface area (Å²) in [7, 11) is 1.85. The number of likely N-dealkylation sites (tertiary alicyclic amines) is 1. The van der Waals surface area contributed by atoms with Gasteiger partial charge in [0.15, 0.2) is 5.96 Å². The number of hydrogen-bond donors (Lipinski definition) is 1. The summed E-state index contributed by atoms with van der Waals surface area (Å²) in [6, 6.07) is 0. The average molecular weight is 449 g/mol. The first-order valence-electron chi connectivity index (χ1n) is 9.31. The summed E-state index contributed by atoms with van der Waals surface area (Å²) < 4.78 is 5.20. The molecule has 3 rings (SSSR count). The number of hydrogen-bond acceptors (Lipinski definition) is 3. The highest BCUT2D eigenvalue weighted by atomic mass is 127. The Balaban J connectivity index is 0.00000208. The number of esters is 1. The molecule has 1 heterocycles. The van der Waals surface area contributed by atoms with Gasteiger partial charge in [0.25, 0.3) is 0 Å². The molecule has 3 aliphatic rings. The molecule has 24 heavy (non-hydrogen) atoms. The van der Waals surface area contributed by atoms with Crippen LogP contribution in [0.1, 0.15) is 51.9 Å². The lowest BCUT2D eigenvalue weighted by atomic mass is 9.65. The lowest BCUT2D eigenvalue weighted by Gasteiger charge is -2.44. The number of halogens is 1. The summed E-state index contributed by atoms with van der Waals surface area (Å²) in [5, 5.41) is 3.62. The zero-order chi connectivity index (χ0) is 16.3. The first kappa shape index (κ1) is 19.8. The van der Waals surface area contributed by atoms with Crippen LogP contribution in [0.5, 0.6) is 0 Å². The molecule has 0 aromatic heterocycles. The van der Waals surface area contributed by atoms with Gasteiger partial charge in [-0.15, -0.1) is 24.0 Å². The fraction of sp³-hybridized carbons (Fsp3) is 0.889. The third-order valence-corrected chi connectivity index (χ3v) is 5.94. The second kappa shape index (κ2) is 8.72. The highest BCUT2D eigenvalue weighted by molar-refractivity contribution is 14.0. The van der Waals surface area contributed by atoms with Gasteiger partial charge in [0.2, 0.25) is 0 Å². The van der Waals surface area contributed by atoms with Crippen molar-refractivity contribution in [3.8, 4) is 0 Å². The molecular weight excluding hydrogens is 417 g/mol. The fourth-order valence-electron chi connectivity index (χ4n) is 4.27. The standard InChI is InChI=1S/C18H31N3O2.HI/c1-3-23-16(22)14-6-4-11-21(12-14)17(19-2)20-13-18(9-5-10-18)15-7-8-15;/h14-15H,3-13H2,1-2H3,(H,19,20);1H. The number of rotatable bonds is 5. The molecular formula is C18H32IN3O2. The molecule has 2 aliphatic carbocycles. The van der Waals surface area contributed by atoms with Crippen LogP contribution in [0.25, 0.3) is 0 Å².